The van der Waals surface area contributed by atoms with Crippen LogP contribution in [0.15, 0.2) is 18.3 Å². The average Bonchev–Trinajstić information content (AvgIpc) is 2.29. The number of methoxy groups -OCH3 is 1. The van der Waals surface area contributed by atoms with Gasteiger partial charge in [0.2, 0.25) is 0 Å². The van der Waals surface area contributed by atoms with Gasteiger partial charge >= 0.3 is 0 Å². The molecule has 0 saturated heterocycles. The zero-order valence-corrected chi connectivity index (χ0v) is 10.3. The van der Waals surface area contributed by atoms with Gasteiger partial charge in [-0.2, -0.15) is 11.8 Å². The number of rotatable bonds is 6. The molecule has 1 heterocycles. The van der Waals surface area contributed by atoms with E-state index in [0.29, 0.717) is 5.25 Å². The van der Waals surface area contributed by atoms with E-state index in [1.54, 1.807) is 13.3 Å². The molecule has 0 aliphatic carbocycles. The molecule has 0 spiro atoms. The molecule has 0 amide bonds. The summed E-state index contributed by atoms with van der Waals surface area (Å²) in [6.45, 7) is 3.15. The van der Waals surface area contributed by atoms with Gasteiger partial charge < -0.3 is 10.1 Å². The van der Waals surface area contributed by atoms with E-state index >= 15 is 0 Å². The molecule has 1 unspecified atom stereocenters. The number of anilines is 1. The maximum Gasteiger partial charge on any atom is 0.168 e. The van der Waals surface area contributed by atoms with Gasteiger partial charge in [0, 0.05) is 18.0 Å². The van der Waals surface area contributed by atoms with E-state index in [9.17, 15) is 0 Å². The van der Waals surface area contributed by atoms with Crippen molar-refractivity contribution in [1.29, 1.82) is 0 Å². The summed E-state index contributed by atoms with van der Waals surface area (Å²) in [5, 5.41) is 3.95. The molecule has 3 nitrogen and oxygen atoms in total. The Bertz CT molecular complexity index is 294. The molecular weight excluding hydrogens is 208 g/mol. The van der Waals surface area contributed by atoms with Crippen molar-refractivity contribution in [2.45, 2.75) is 18.6 Å². The van der Waals surface area contributed by atoms with Crippen LogP contribution in [-0.2, 0) is 0 Å². The Balaban J connectivity index is 2.43. The Labute approximate surface area is 95.6 Å². The van der Waals surface area contributed by atoms with Crippen LogP contribution in [0.1, 0.15) is 13.3 Å². The smallest absolute Gasteiger partial charge is 0.168 e. The van der Waals surface area contributed by atoms with Crippen molar-refractivity contribution in [2.75, 3.05) is 25.2 Å². The summed E-state index contributed by atoms with van der Waals surface area (Å²) in [7, 11) is 1.66. The van der Waals surface area contributed by atoms with Crippen LogP contribution >= 0.6 is 11.8 Å². The number of nitrogens with one attached hydrogen (secondary N) is 1. The molecule has 0 radical (unpaired) electrons. The summed E-state index contributed by atoms with van der Waals surface area (Å²) in [4.78, 5) is 4.23. The minimum Gasteiger partial charge on any atom is -0.493 e. The predicted octanol–water partition coefficient (Wildman–Crippen LogP) is 2.64. The molecule has 0 saturated carbocycles. The fourth-order valence-corrected chi connectivity index (χ4v) is 1.55. The third-order valence-electron chi connectivity index (χ3n) is 2.24. The molecule has 0 bridgehead atoms. The molecule has 1 N–H and O–H groups in total. The Morgan fingerprint density at radius 1 is 1.60 bits per heavy atom. The van der Waals surface area contributed by atoms with Gasteiger partial charge in [-0.25, -0.2) is 4.98 Å². The van der Waals surface area contributed by atoms with Crippen LogP contribution in [-0.4, -0.2) is 30.1 Å². The lowest BCUT2D eigenvalue weighted by molar-refractivity contribution is 0.415. The fourth-order valence-electron chi connectivity index (χ4n) is 1.20. The van der Waals surface area contributed by atoms with Crippen LogP contribution in [0.3, 0.4) is 0 Å². The van der Waals surface area contributed by atoms with Crippen LogP contribution < -0.4 is 10.1 Å². The standard InChI is InChI=1S/C11H18N2OS/c1-9(15-3)6-8-13-11-10(14-2)5-4-7-12-11/h4-5,7,9H,6,8H2,1-3H3,(H,12,13). The fraction of sp³-hybridized carbons (Fsp3) is 0.545. The van der Waals surface area contributed by atoms with Crippen molar-refractivity contribution in [3.63, 3.8) is 0 Å². The molecule has 0 aromatic carbocycles. The Morgan fingerprint density at radius 2 is 2.40 bits per heavy atom. The van der Waals surface area contributed by atoms with E-state index in [0.717, 1.165) is 24.5 Å². The number of pyridine rings is 1. The molecule has 1 rings (SSSR count). The van der Waals surface area contributed by atoms with E-state index in [1.165, 1.54) is 0 Å². The third kappa shape index (κ3) is 4.00. The molecule has 1 atom stereocenters. The van der Waals surface area contributed by atoms with Crippen molar-refractivity contribution in [3.05, 3.63) is 18.3 Å². The van der Waals surface area contributed by atoms with Gasteiger partial charge in [0.1, 0.15) is 0 Å². The van der Waals surface area contributed by atoms with Gasteiger partial charge in [0.15, 0.2) is 11.6 Å². The summed E-state index contributed by atoms with van der Waals surface area (Å²) >= 11 is 1.88. The lowest BCUT2D eigenvalue weighted by Gasteiger charge is -2.11. The zero-order chi connectivity index (χ0) is 11.1. The first-order chi connectivity index (χ1) is 7.27. The predicted molar refractivity (Wildman–Crippen MR) is 66.9 cm³/mol. The lowest BCUT2D eigenvalue weighted by atomic mass is 10.3. The Hall–Kier alpha value is -0.900. The molecule has 0 aliphatic rings. The highest BCUT2D eigenvalue weighted by Gasteiger charge is 2.03. The normalized spacial score (nSPS) is 12.2. The molecule has 1 aromatic heterocycles. The molecule has 1 aromatic rings. The number of hydrogen-bond donors (Lipinski definition) is 1. The minimum absolute atomic E-state index is 0.673. The topological polar surface area (TPSA) is 34.1 Å². The maximum atomic E-state index is 5.20. The highest BCUT2D eigenvalue weighted by molar-refractivity contribution is 7.99. The third-order valence-corrected chi connectivity index (χ3v) is 3.28. The van der Waals surface area contributed by atoms with Crippen molar-refractivity contribution < 1.29 is 4.74 Å². The van der Waals surface area contributed by atoms with Crippen LogP contribution in [0.5, 0.6) is 5.75 Å². The highest BCUT2D eigenvalue weighted by Crippen LogP contribution is 2.20. The molecular formula is C11H18N2OS. The molecule has 15 heavy (non-hydrogen) atoms. The zero-order valence-electron chi connectivity index (χ0n) is 9.49. The quantitative estimate of drug-likeness (QED) is 0.808. The SMILES string of the molecule is COc1cccnc1NCCC(C)SC. The summed E-state index contributed by atoms with van der Waals surface area (Å²) in [5.41, 5.74) is 0. The largest absolute Gasteiger partial charge is 0.493 e. The van der Waals surface area contributed by atoms with Gasteiger partial charge in [0.05, 0.1) is 7.11 Å². The molecule has 84 valence electrons. The Morgan fingerprint density at radius 3 is 3.07 bits per heavy atom. The van der Waals surface area contributed by atoms with Gasteiger partial charge in [-0.1, -0.05) is 6.92 Å². The van der Waals surface area contributed by atoms with Gasteiger partial charge in [-0.15, -0.1) is 0 Å². The summed E-state index contributed by atoms with van der Waals surface area (Å²) < 4.78 is 5.20. The first kappa shape index (κ1) is 12.2. The van der Waals surface area contributed by atoms with E-state index < -0.39 is 0 Å². The first-order valence-electron chi connectivity index (χ1n) is 5.03. The van der Waals surface area contributed by atoms with Crippen molar-refractivity contribution in [3.8, 4) is 5.75 Å². The lowest BCUT2D eigenvalue weighted by Crippen LogP contribution is -2.09. The number of ether oxygens (including phenoxy) is 1. The van der Waals surface area contributed by atoms with Gasteiger partial charge in [-0.3, -0.25) is 0 Å². The van der Waals surface area contributed by atoms with E-state index in [1.807, 2.05) is 23.9 Å². The van der Waals surface area contributed by atoms with Crippen LogP contribution in [0.4, 0.5) is 5.82 Å². The number of nitrogens with zero attached hydrogens (tertiary/aromatic N) is 1. The number of thioether (sulfide) groups is 1. The van der Waals surface area contributed by atoms with Crippen LogP contribution in [0.25, 0.3) is 0 Å². The summed E-state index contributed by atoms with van der Waals surface area (Å²) in [6, 6.07) is 3.78. The number of aromatic nitrogens is 1. The van der Waals surface area contributed by atoms with Crippen LogP contribution in [0, 0.1) is 0 Å². The highest BCUT2D eigenvalue weighted by atomic mass is 32.2. The van der Waals surface area contributed by atoms with E-state index in [-0.39, 0.29) is 0 Å². The maximum absolute atomic E-state index is 5.20. The van der Waals surface area contributed by atoms with Gasteiger partial charge in [-0.05, 0) is 24.8 Å². The summed E-state index contributed by atoms with van der Waals surface area (Å²) in [5.74, 6) is 1.63. The van der Waals surface area contributed by atoms with Crippen molar-refractivity contribution in [2.24, 2.45) is 0 Å². The first-order valence-corrected chi connectivity index (χ1v) is 6.32. The number of hydrogen-bond acceptors (Lipinski definition) is 4. The average molecular weight is 226 g/mol. The Kier molecular flexibility index (Phi) is 5.32. The van der Waals surface area contributed by atoms with Crippen molar-refractivity contribution in [1.82, 2.24) is 4.98 Å². The van der Waals surface area contributed by atoms with E-state index in [2.05, 4.69) is 23.5 Å². The summed E-state index contributed by atoms with van der Waals surface area (Å²) in [6.07, 6.45) is 5.02. The second kappa shape index (κ2) is 6.56. The van der Waals surface area contributed by atoms with Crippen LogP contribution in [0.2, 0.25) is 0 Å². The minimum atomic E-state index is 0.673. The second-order valence-electron chi connectivity index (χ2n) is 3.32. The van der Waals surface area contributed by atoms with Gasteiger partial charge in [0.25, 0.3) is 0 Å². The van der Waals surface area contributed by atoms with E-state index in [4.69, 9.17) is 4.74 Å². The molecule has 0 fully saturated rings. The monoisotopic (exact) mass is 226 g/mol. The molecule has 4 heteroatoms. The molecule has 0 aliphatic heterocycles. The van der Waals surface area contributed by atoms with Crippen molar-refractivity contribution >= 4 is 17.6 Å². The second-order valence-corrected chi connectivity index (χ2v) is 4.59.